The van der Waals surface area contributed by atoms with Gasteiger partial charge in [0.15, 0.2) is 0 Å². The highest BCUT2D eigenvalue weighted by molar-refractivity contribution is 6.00. The Balaban J connectivity index is 1.46. The van der Waals surface area contributed by atoms with Crippen LogP contribution in [0.5, 0.6) is 0 Å². The fraction of sp³-hybridized carbons (Fsp3) is 0.615. The fourth-order valence-electron chi connectivity index (χ4n) is 5.63. The molecule has 33 heavy (non-hydrogen) atoms. The fourth-order valence-corrected chi connectivity index (χ4v) is 5.63. The van der Waals surface area contributed by atoms with Crippen molar-refractivity contribution in [2.24, 2.45) is 0 Å². The summed E-state index contributed by atoms with van der Waals surface area (Å²) < 4.78 is 13.4. The van der Waals surface area contributed by atoms with Crippen molar-refractivity contribution in [3.05, 3.63) is 36.2 Å². The van der Waals surface area contributed by atoms with Gasteiger partial charge in [0.05, 0.1) is 24.6 Å². The van der Waals surface area contributed by atoms with Gasteiger partial charge in [-0.3, -0.25) is 9.59 Å². The molecule has 2 amide bonds. The van der Waals surface area contributed by atoms with E-state index in [4.69, 9.17) is 9.15 Å². The van der Waals surface area contributed by atoms with Gasteiger partial charge in [-0.05, 0) is 56.9 Å². The molecule has 3 aliphatic rings. The van der Waals surface area contributed by atoms with Crippen molar-refractivity contribution < 1.29 is 18.7 Å². The molecule has 0 bridgehead atoms. The number of fused-ring (bicyclic) bond motifs is 1. The Kier molecular flexibility index (Phi) is 6.32. The number of furan rings is 1. The molecular formula is C26H35N3O4. The van der Waals surface area contributed by atoms with Crippen LogP contribution in [0.4, 0.5) is 0 Å². The Hall–Kier alpha value is -2.54. The highest BCUT2D eigenvalue weighted by Gasteiger charge is 2.49. The predicted octanol–water partition coefficient (Wildman–Crippen LogP) is 4.37. The lowest BCUT2D eigenvalue weighted by Crippen LogP contribution is -2.66. The number of carbonyl (C=O) groups excluding carboxylic acids is 2. The first-order valence-electron chi connectivity index (χ1n) is 12.5. The average molecular weight is 454 g/mol. The van der Waals surface area contributed by atoms with E-state index in [1.54, 1.807) is 11.2 Å². The maximum absolute atomic E-state index is 13.9. The number of hydrogen-bond acceptors (Lipinski definition) is 4. The maximum atomic E-state index is 13.9. The molecule has 2 aromatic rings. The van der Waals surface area contributed by atoms with E-state index in [0.717, 1.165) is 50.8 Å². The summed E-state index contributed by atoms with van der Waals surface area (Å²) >= 11 is 0. The zero-order valence-corrected chi connectivity index (χ0v) is 19.6. The number of hydrogen-bond donors (Lipinski definition) is 1. The maximum Gasteiger partial charge on any atom is 0.271 e. The minimum atomic E-state index is -1.00. The monoisotopic (exact) mass is 453 g/mol. The van der Waals surface area contributed by atoms with Crippen molar-refractivity contribution >= 4 is 11.8 Å². The second-order valence-corrected chi connectivity index (χ2v) is 10.0. The van der Waals surface area contributed by atoms with Gasteiger partial charge in [0.2, 0.25) is 5.91 Å². The third-order valence-corrected chi connectivity index (χ3v) is 7.62. The first-order chi connectivity index (χ1) is 16.1. The standard InChI is InChI=1S/C26H35N3O4/c1-26(25(31)27-19-9-5-3-2-4-6-10-19)18-28-21(23-12-8-16-33-23)13-14-22(28)24(30)29(26)17-20-11-7-15-32-20/h8,12-14,16,19-20H,2-7,9-11,15,17-18H2,1H3,(H,27,31). The Labute approximate surface area is 195 Å². The molecule has 7 heteroatoms. The van der Waals surface area contributed by atoms with Crippen molar-refractivity contribution in [2.75, 3.05) is 13.2 Å². The number of amides is 2. The molecule has 1 N–H and O–H groups in total. The molecule has 0 aromatic carbocycles. The minimum Gasteiger partial charge on any atom is -0.463 e. The largest absolute Gasteiger partial charge is 0.463 e. The Morgan fingerprint density at radius 2 is 1.82 bits per heavy atom. The SMILES string of the molecule is CC1(C(=O)NC2CCCCCCC2)Cn2c(ccc2-c2ccco2)C(=O)N1CC1CCCO1. The van der Waals surface area contributed by atoms with Crippen LogP contribution < -0.4 is 5.32 Å². The number of nitrogens with zero attached hydrogens (tertiary/aromatic N) is 2. The van der Waals surface area contributed by atoms with Crippen molar-refractivity contribution in [1.82, 2.24) is 14.8 Å². The van der Waals surface area contributed by atoms with Crippen molar-refractivity contribution in [1.29, 1.82) is 0 Å². The molecule has 2 fully saturated rings. The molecule has 0 spiro atoms. The van der Waals surface area contributed by atoms with E-state index >= 15 is 0 Å². The van der Waals surface area contributed by atoms with Crippen LogP contribution in [0.15, 0.2) is 34.9 Å². The van der Waals surface area contributed by atoms with Crippen LogP contribution in [-0.4, -0.2) is 52.1 Å². The van der Waals surface area contributed by atoms with E-state index in [1.807, 2.05) is 35.8 Å². The molecular weight excluding hydrogens is 418 g/mol. The molecule has 5 rings (SSSR count). The third-order valence-electron chi connectivity index (χ3n) is 7.62. The second-order valence-electron chi connectivity index (χ2n) is 10.0. The predicted molar refractivity (Wildman–Crippen MR) is 125 cm³/mol. The van der Waals surface area contributed by atoms with Crippen LogP contribution in [-0.2, 0) is 16.1 Å². The smallest absolute Gasteiger partial charge is 0.271 e. The van der Waals surface area contributed by atoms with Crippen molar-refractivity contribution in [2.45, 2.75) is 88.9 Å². The van der Waals surface area contributed by atoms with Crippen LogP contribution in [0, 0.1) is 0 Å². The van der Waals surface area contributed by atoms with Crippen LogP contribution in [0.25, 0.3) is 11.5 Å². The summed E-state index contributed by atoms with van der Waals surface area (Å²) in [6.07, 6.45) is 11.6. The summed E-state index contributed by atoms with van der Waals surface area (Å²) in [5.74, 6) is 0.512. The molecule has 2 aromatic heterocycles. The quantitative estimate of drug-likeness (QED) is 0.729. The van der Waals surface area contributed by atoms with Gasteiger partial charge in [0, 0.05) is 19.2 Å². The van der Waals surface area contributed by atoms with Crippen LogP contribution in [0.1, 0.15) is 75.2 Å². The third kappa shape index (κ3) is 4.35. The summed E-state index contributed by atoms with van der Waals surface area (Å²) in [4.78, 5) is 29.4. The van der Waals surface area contributed by atoms with Gasteiger partial charge < -0.3 is 23.9 Å². The zero-order valence-electron chi connectivity index (χ0n) is 19.6. The number of carbonyl (C=O) groups is 2. The first-order valence-corrected chi connectivity index (χ1v) is 12.5. The van der Waals surface area contributed by atoms with Crippen LogP contribution in [0.3, 0.4) is 0 Å². The van der Waals surface area contributed by atoms with Gasteiger partial charge in [-0.1, -0.05) is 32.1 Å². The molecule has 2 unspecified atom stereocenters. The van der Waals surface area contributed by atoms with E-state index in [0.29, 0.717) is 24.5 Å². The minimum absolute atomic E-state index is 0.0199. The number of ether oxygens (including phenoxy) is 1. The molecule has 7 nitrogen and oxygen atoms in total. The Bertz CT molecular complexity index is 968. The summed E-state index contributed by atoms with van der Waals surface area (Å²) in [6.45, 7) is 3.46. The van der Waals surface area contributed by atoms with E-state index in [1.165, 1.54) is 19.3 Å². The van der Waals surface area contributed by atoms with Crippen molar-refractivity contribution in [3.63, 3.8) is 0 Å². The lowest BCUT2D eigenvalue weighted by molar-refractivity contribution is -0.134. The van der Waals surface area contributed by atoms with Crippen LogP contribution in [0.2, 0.25) is 0 Å². The Morgan fingerprint density at radius 3 is 2.52 bits per heavy atom. The number of aromatic nitrogens is 1. The van der Waals surface area contributed by atoms with E-state index in [9.17, 15) is 9.59 Å². The van der Waals surface area contributed by atoms with E-state index in [-0.39, 0.29) is 24.0 Å². The normalized spacial score (nSPS) is 26.6. The van der Waals surface area contributed by atoms with Gasteiger partial charge in [-0.15, -0.1) is 0 Å². The molecule has 0 radical (unpaired) electrons. The van der Waals surface area contributed by atoms with Gasteiger partial charge in [-0.2, -0.15) is 0 Å². The number of rotatable bonds is 5. The topological polar surface area (TPSA) is 76.7 Å². The molecule has 1 saturated carbocycles. The number of nitrogens with one attached hydrogen (secondary N) is 1. The highest BCUT2D eigenvalue weighted by Crippen LogP contribution is 2.34. The van der Waals surface area contributed by atoms with Crippen molar-refractivity contribution in [3.8, 4) is 11.5 Å². The molecule has 4 heterocycles. The lowest BCUT2D eigenvalue weighted by atomic mass is 9.91. The molecule has 2 aliphatic heterocycles. The van der Waals surface area contributed by atoms with Gasteiger partial charge >= 0.3 is 0 Å². The van der Waals surface area contributed by atoms with Gasteiger partial charge in [0.1, 0.15) is 17.0 Å². The molecule has 1 saturated heterocycles. The Morgan fingerprint density at radius 1 is 1.06 bits per heavy atom. The molecule has 1 aliphatic carbocycles. The average Bonchev–Trinajstić information content (AvgIpc) is 3.54. The molecule has 178 valence electrons. The molecule has 2 atom stereocenters. The van der Waals surface area contributed by atoms with E-state index < -0.39 is 5.54 Å². The zero-order chi connectivity index (χ0) is 22.8. The van der Waals surface area contributed by atoms with Crippen LogP contribution >= 0.6 is 0 Å². The van der Waals surface area contributed by atoms with Gasteiger partial charge in [-0.25, -0.2) is 0 Å². The lowest BCUT2D eigenvalue weighted by Gasteiger charge is -2.45. The summed E-state index contributed by atoms with van der Waals surface area (Å²) in [5, 5.41) is 3.34. The van der Waals surface area contributed by atoms with E-state index in [2.05, 4.69) is 5.32 Å². The summed E-state index contributed by atoms with van der Waals surface area (Å²) in [5.41, 5.74) is 0.416. The highest BCUT2D eigenvalue weighted by atomic mass is 16.5. The first kappa shape index (κ1) is 22.3. The van der Waals surface area contributed by atoms with Gasteiger partial charge in [0.25, 0.3) is 5.91 Å². The summed E-state index contributed by atoms with van der Waals surface area (Å²) in [6, 6.07) is 7.65. The second kappa shape index (κ2) is 9.37. The summed E-state index contributed by atoms with van der Waals surface area (Å²) in [7, 11) is 0.